The van der Waals surface area contributed by atoms with Crippen LogP contribution in [0.3, 0.4) is 0 Å². The Labute approximate surface area is 240 Å². The van der Waals surface area contributed by atoms with Crippen LogP contribution in [0.1, 0.15) is 53.3 Å². The molecule has 0 atom stereocenters. The zero-order valence-electron chi connectivity index (χ0n) is 24.0. The third-order valence-electron chi connectivity index (χ3n) is 8.45. The van der Waals surface area contributed by atoms with Gasteiger partial charge >= 0.3 is 0 Å². The maximum atomic E-state index is 5.13. The Morgan fingerprint density at radius 1 is 0.902 bits per heavy atom. The second kappa shape index (κ2) is 11.0. The second-order valence-corrected chi connectivity index (χ2v) is 11.5. The van der Waals surface area contributed by atoms with Crippen LogP contribution in [0.25, 0.3) is 22.4 Å². The first-order valence-electron chi connectivity index (χ1n) is 14.8. The topological polar surface area (TPSA) is 82.5 Å². The molecular weight excluding hydrogens is 510 g/mol. The molecule has 0 spiro atoms. The number of hydrogen-bond acceptors (Lipinski definition) is 6. The van der Waals surface area contributed by atoms with Gasteiger partial charge in [0.2, 0.25) is 0 Å². The smallest absolute Gasteiger partial charge is 0.134 e. The van der Waals surface area contributed by atoms with E-state index in [0.29, 0.717) is 6.42 Å². The number of aryl methyl sites for hydroxylation is 5. The lowest BCUT2D eigenvalue weighted by Crippen LogP contribution is -2.21. The van der Waals surface area contributed by atoms with Gasteiger partial charge in [-0.25, -0.2) is 9.97 Å². The Morgan fingerprint density at radius 3 is 2.66 bits per heavy atom. The highest BCUT2D eigenvalue weighted by Gasteiger charge is 2.26. The molecule has 7 rings (SSSR count). The van der Waals surface area contributed by atoms with Crippen molar-refractivity contribution < 1.29 is 0 Å². The first kappa shape index (κ1) is 25.8. The predicted octanol–water partition coefficient (Wildman–Crippen LogP) is 4.24. The summed E-state index contributed by atoms with van der Waals surface area (Å²) in [6.45, 7) is 4.61. The molecule has 1 saturated heterocycles. The van der Waals surface area contributed by atoms with E-state index in [0.717, 1.165) is 67.2 Å². The van der Waals surface area contributed by atoms with E-state index in [1.807, 2.05) is 28.8 Å². The molecule has 5 heterocycles. The van der Waals surface area contributed by atoms with E-state index in [9.17, 15) is 0 Å². The average molecular weight is 548 g/mol. The molecule has 1 aliphatic carbocycles. The van der Waals surface area contributed by atoms with Crippen molar-refractivity contribution >= 4 is 0 Å². The van der Waals surface area contributed by atoms with E-state index in [4.69, 9.17) is 20.2 Å². The molecule has 0 bridgehead atoms. The zero-order valence-corrected chi connectivity index (χ0v) is 24.0. The summed E-state index contributed by atoms with van der Waals surface area (Å²) in [5.41, 5.74) is 10.3. The van der Waals surface area contributed by atoms with Crippen LogP contribution in [-0.2, 0) is 46.3 Å². The van der Waals surface area contributed by atoms with Crippen molar-refractivity contribution in [1.29, 1.82) is 0 Å². The highest BCUT2D eigenvalue weighted by molar-refractivity contribution is 5.71. The molecule has 1 fully saturated rings. The molecule has 0 unspecified atom stereocenters. The maximum absolute atomic E-state index is 5.13. The van der Waals surface area contributed by atoms with Crippen molar-refractivity contribution in [2.24, 2.45) is 14.1 Å². The van der Waals surface area contributed by atoms with Crippen LogP contribution in [0.4, 0.5) is 0 Å². The van der Waals surface area contributed by atoms with Gasteiger partial charge in [0, 0.05) is 56.8 Å². The lowest BCUT2D eigenvalue weighted by molar-refractivity contribution is 0.322. The van der Waals surface area contributed by atoms with Crippen LogP contribution < -0.4 is 0 Å². The highest BCUT2D eigenvalue weighted by Crippen LogP contribution is 2.35. The van der Waals surface area contributed by atoms with Crippen molar-refractivity contribution in [2.75, 3.05) is 19.6 Å². The van der Waals surface area contributed by atoms with Crippen molar-refractivity contribution in [1.82, 2.24) is 44.2 Å². The summed E-state index contributed by atoms with van der Waals surface area (Å²) in [4.78, 5) is 12.4. The normalized spacial score (nSPS) is 14.9. The van der Waals surface area contributed by atoms with Crippen LogP contribution in [0.5, 0.6) is 0 Å². The molecule has 9 heteroatoms. The van der Waals surface area contributed by atoms with E-state index in [-0.39, 0.29) is 0 Å². The van der Waals surface area contributed by atoms with E-state index in [1.54, 1.807) is 0 Å². The Morgan fingerprint density at radius 2 is 1.80 bits per heavy atom. The fourth-order valence-electron chi connectivity index (χ4n) is 6.32. The van der Waals surface area contributed by atoms with Crippen LogP contribution in [0.2, 0.25) is 0 Å². The summed E-state index contributed by atoms with van der Waals surface area (Å²) in [5, 5.41) is 14.1. The van der Waals surface area contributed by atoms with Crippen LogP contribution in [0.15, 0.2) is 55.1 Å². The Hall–Kier alpha value is -4.11. The molecule has 9 nitrogen and oxygen atoms in total. The molecule has 0 amide bonds. The van der Waals surface area contributed by atoms with Gasteiger partial charge in [-0.05, 0) is 74.5 Å². The monoisotopic (exact) mass is 547 g/mol. The first-order chi connectivity index (χ1) is 20.1. The van der Waals surface area contributed by atoms with Crippen LogP contribution in [-0.4, -0.2) is 63.8 Å². The summed E-state index contributed by atoms with van der Waals surface area (Å²) in [5.74, 6) is 0.812. The molecule has 1 aromatic carbocycles. The van der Waals surface area contributed by atoms with Gasteiger partial charge in [0.05, 0.1) is 35.4 Å². The number of likely N-dealkylation sites (tertiary alicyclic amines) is 1. The zero-order chi connectivity index (χ0) is 27.8. The SMILES string of the molecule is Cn1cc(-c2cccc(Cc3c4c(nn3C)CCc3cnc(Cc5ccn(CCCN6CCCC6)n5)nc3-4)c2)cn1. The number of benzene rings is 1. The molecule has 4 aromatic heterocycles. The van der Waals surface area contributed by atoms with E-state index < -0.39 is 0 Å². The second-order valence-electron chi connectivity index (χ2n) is 11.5. The first-order valence-corrected chi connectivity index (χ1v) is 14.8. The van der Waals surface area contributed by atoms with E-state index in [1.165, 1.54) is 53.9 Å². The van der Waals surface area contributed by atoms with Gasteiger partial charge < -0.3 is 4.90 Å². The predicted molar refractivity (Wildman–Crippen MR) is 158 cm³/mol. The highest BCUT2D eigenvalue weighted by atomic mass is 15.3. The molecular formula is C32H37N9. The fourth-order valence-corrected chi connectivity index (χ4v) is 6.32. The van der Waals surface area contributed by atoms with Gasteiger partial charge in [-0.1, -0.05) is 24.3 Å². The molecule has 5 aromatic rings. The average Bonchev–Trinajstić information content (AvgIpc) is 3.79. The van der Waals surface area contributed by atoms with Gasteiger partial charge in [0.15, 0.2) is 0 Å². The van der Waals surface area contributed by atoms with E-state index >= 15 is 0 Å². The minimum atomic E-state index is 0.629. The lowest BCUT2D eigenvalue weighted by atomic mass is 9.91. The largest absolute Gasteiger partial charge is 0.303 e. The van der Waals surface area contributed by atoms with E-state index in [2.05, 4.69) is 64.5 Å². The summed E-state index contributed by atoms with van der Waals surface area (Å²) >= 11 is 0. The quantitative estimate of drug-likeness (QED) is 0.275. The molecule has 0 radical (unpaired) electrons. The Balaban J connectivity index is 1.10. The number of fused-ring (bicyclic) bond motifs is 3. The molecule has 2 aliphatic rings. The Bertz CT molecular complexity index is 1670. The minimum absolute atomic E-state index is 0.629. The van der Waals surface area contributed by atoms with Gasteiger partial charge in [0.25, 0.3) is 0 Å². The van der Waals surface area contributed by atoms with Crippen molar-refractivity contribution in [3.05, 3.63) is 89.2 Å². The van der Waals surface area contributed by atoms with Crippen molar-refractivity contribution in [2.45, 2.75) is 51.5 Å². The summed E-state index contributed by atoms with van der Waals surface area (Å²) in [7, 11) is 4.00. The van der Waals surface area contributed by atoms with Crippen LogP contribution in [0, 0.1) is 0 Å². The standard InChI is InChI=1S/C32H37N9/c1-38-22-26(21-34-38)24-8-5-7-23(17-24)18-29-31-28(37-39(29)2)10-9-25-20-33-30(35-32(25)31)19-27-11-16-41(36-27)15-6-14-40-12-3-4-13-40/h5,7-8,11,16-17,20-22H,3-4,6,9-10,12-15,18-19H2,1-2H3. The maximum Gasteiger partial charge on any atom is 0.134 e. The van der Waals surface area contributed by atoms with Crippen LogP contribution >= 0.6 is 0 Å². The summed E-state index contributed by atoms with van der Waals surface area (Å²) < 4.78 is 5.95. The number of nitrogens with zero attached hydrogens (tertiary/aromatic N) is 9. The molecule has 41 heavy (non-hydrogen) atoms. The molecule has 0 saturated carbocycles. The van der Waals surface area contributed by atoms with Gasteiger partial charge in [-0.3, -0.25) is 14.0 Å². The van der Waals surface area contributed by atoms with Crippen molar-refractivity contribution in [3.63, 3.8) is 0 Å². The lowest BCUT2D eigenvalue weighted by Gasteiger charge is -2.16. The van der Waals surface area contributed by atoms with Gasteiger partial charge in [-0.15, -0.1) is 0 Å². The molecule has 0 N–H and O–H groups in total. The summed E-state index contributed by atoms with van der Waals surface area (Å²) in [6.07, 6.45) is 15.1. The third-order valence-corrected chi connectivity index (χ3v) is 8.45. The Kier molecular flexibility index (Phi) is 6.96. The van der Waals surface area contributed by atoms with Gasteiger partial charge in [-0.2, -0.15) is 15.3 Å². The van der Waals surface area contributed by atoms with Crippen molar-refractivity contribution in [3.8, 4) is 22.4 Å². The number of aromatic nitrogens is 8. The minimum Gasteiger partial charge on any atom is -0.303 e. The fraction of sp³-hybridized carbons (Fsp3) is 0.406. The molecule has 210 valence electrons. The summed E-state index contributed by atoms with van der Waals surface area (Å²) in [6, 6.07) is 10.8. The number of hydrogen-bond donors (Lipinski definition) is 0. The number of rotatable bonds is 9. The third kappa shape index (κ3) is 5.46. The van der Waals surface area contributed by atoms with Gasteiger partial charge in [0.1, 0.15) is 5.82 Å². The molecule has 1 aliphatic heterocycles.